The first kappa shape index (κ1) is 17.4. The smallest absolute Gasteiger partial charge is 0.233 e. The quantitative estimate of drug-likeness (QED) is 0.640. The third kappa shape index (κ3) is 3.51. The number of thiocarbonyl (C=S) groups is 1. The molecular weight excluding hydrogens is 268 g/mol. The zero-order valence-electron chi connectivity index (χ0n) is 13.3. The Morgan fingerprint density at radius 1 is 1.25 bits per heavy atom. The van der Waals surface area contributed by atoms with Gasteiger partial charge in [0.1, 0.15) is 0 Å². The summed E-state index contributed by atoms with van der Waals surface area (Å²) < 4.78 is 0. The van der Waals surface area contributed by atoms with Crippen molar-refractivity contribution in [2.24, 2.45) is 16.6 Å². The molecule has 0 aliphatic heterocycles. The molecule has 1 amide bonds. The molecule has 0 atom stereocenters. The third-order valence-corrected chi connectivity index (χ3v) is 5.44. The number of hydrogen-bond acceptors (Lipinski definition) is 2. The van der Waals surface area contributed by atoms with E-state index in [1.807, 2.05) is 0 Å². The highest BCUT2D eigenvalue weighted by Crippen LogP contribution is 2.43. The summed E-state index contributed by atoms with van der Waals surface area (Å²) in [6.45, 7) is 7.15. The molecule has 0 aromatic rings. The van der Waals surface area contributed by atoms with E-state index < -0.39 is 5.41 Å². The molecule has 0 bridgehead atoms. The highest BCUT2D eigenvalue weighted by atomic mass is 32.1. The molecule has 4 heteroatoms. The second kappa shape index (κ2) is 7.39. The average molecular weight is 298 g/mol. The normalized spacial score (nSPS) is 17.4. The number of rotatable bonds is 9. The maximum atomic E-state index is 12.7. The Balaban J connectivity index is 2.74. The van der Waals surface area contributed by atoms with Gasteiger partial charge in [-0.15, -0.1) is 0 Å². The number of carbonyl (C=O) groups excluding carboxylic acids is 1. The van der Waals surface area contributed by atoms with E-state index in [9.17, 15) is 4.79 Å². The molecule has 3 nitrogen and oxygen atoms in total. The molecule has 20 heavy (non-hydrogen) atoms. The fourth-order valence-electron chi connectivity index (χ4n) is 3.33. The summed E-state index contributed by atoms with van der Waals surface area (Å²) >= 11 is 5.23. The summed E-state index contributed by atoms with van der Waals surface area (Å²) in [6, 6.07) is 0. The van der Waals surface area contributed by atoms with Crippen LogP contribution in [0.2, 0.25) is 0 Å². The van der Waals surface area contributed by atoms with Gasteiger partial charge in [-0.1, -0.05) is 52.3 Å². The number of nitrogens with one attached hydrogen (secondary N) is 1. The van der Waals surface area contributed by atoms with Crippen LogP contribution >= 0.6 is 12.2 Å². The minimum absolute atomic E-state index is 0.0495. The third-order valence-electron chi connectivity index (χ3n) is 5.05. The lowest BCUT2D eigenvalue weighted by atomic mass is 9.67. The summed E-state index contributed by atoms with van der Waals surface area (Å²) in [7, 11) is 0. The van der Waals surface area contributed by atoms with Gasteiger partial charge in [-0.25, -0.2) is 0 Å². The Hall–Kier alpha value is -0.640. The Labute approximate surface area is 129 Å². The van der Waals surface area contributed by atoms with E-state index in [1.54, 1.807) is 0 Å². The van der Waals surface area contributed by atoms with Gasteiger partial charge in [0.25, 0.3) is 0 Å². The molecule has 0 aromatic carbocycles. The van der Waals surface area contributed by atoms with Crippen molar-refractivity contribution < 1.29 is 4.79 Å². The molecule has 3 N–H and O–H groups in total. The van der Waals surface area contributed by atoms with Crippen molar-refractivity contribution in [3.05, 3.63) is 0 Å². The minimum Gasteiger partial charge on any atom is -0.392 e. The van der Waals surface area contributed by atoms with Crippen LogP contribution in [0.1, 0.15) is 72.1 Å². The number of nitrogens with two attached hydrogens (primary N) is 1. The van der Waals surface area contributed by atoms with Gasteiger partial charge in [-0.3, -0.25) is 4.79 Å². The van der Waals surface area contributed by atoms with Gasteiger partial charge in [-0.2, -0.15) is 0 Å². The first-order valence-electron chi connectivity index (χ1n) is 8.04. The molecule has 1 fully saturated rings. The first-order valence-corrected chi connectivity index (χ1v) is 8.45. The van der Waals surface area contributed by atoms with E-state index in [0.717, 1.165) is 38.6 Å². The fraction of sp³-hybridized carbons (Fsp3) is 0.875. The summed E-state index contributed by atoms with van der Waals surface area (Å²) in [5.41, 5.74) is 5.62. The summed E-state index contributed by atoms with van der Waals surface area (Å²) in [5, 5.41) is 3.16. The lowest BCUT2D eigenvalue weighted by Crippen LogP contribution is -2.52. The second-order valence-corrected chi connectivity index (χ2v) is 6.78. The standard InChI is InChI=1S/C16H30N2OS/c1-4-8-16(9-5-2,13(17)20)14(19)18-12-15(6-3)10-7-11-15/h4-12H2,1-3H3,(H2,17,20)(H,18,19). The van der Waals surface area contributed by atoms with Gasteiger partial charge in [0, 0.05) is 6.54 Å². The molecule has 0 unspecified atom stereocenters. The SMILES string of the molecule is CCCC(CCC)(C(=O)NCC1(CC)CCC1)C(N)=S. The summed E-state index contributed by atoms with van der Waals surface area (Å²) in [5.74, 6) is 0.0495. The van der Waals surface area contributed by atoms with E-state index in [1.165, 1.54) is 19.3 Å². The molecule has 1 rings (SSSR count). The minimum atomic E-state index is -0.641. The van der Waals surface area contributed by atoms with E-state index >= 15 is 0 Å². The van der Waals surface area contributed by atoms with Crippen molar-refractivity contribution in [3.8, 4) is 0 Å². The summed E-state index contributed by atoms with van der Waals surface area (Å²) in [4.78, 5) is 13.1. The monoisotopic (exact) mass is 298 g/mol. The van der Waals surface area contributed by atoms with Crippen LogP contribution in [0.4, 0.5) is 0 Å². The van der Waals surface area contributed by atoms with Gasteiger partial charge < -0.3 is 11.1 Å². The van der Waals surface area contributed by atoms with Crippen LogP contribution in [0.15, 0.2) is 0 Å². The number of hydrogen-bond donors (Lipinski definition) is 2. The van der Waals surface area contributed by atoms with Crippen molar-refractivity contribution in [1.29, 1.82) is 0 Å². The van der Waals surface area contributed by atoms with Crippen LogP contribution in [0.3, 0.4) is 0 Å². The Morgan fingerprint density at radius 3 is 2.10 bits per heavy atom. The Morgan fingerprint density at radius 2 is 1.80 bits per heavy atom. The van der Waals surface area contributed by atoms with Crippen LogP contribution < -0.4 is 11.1 Å². The van der Waals surface area contributed by atoms with Crippen molar-refractivity contribution in [2.75, 3.05) is 6.54 Å². The molecular formula is C16H30N2OS. The van der Waals surface area contributed by atoms with Gasteiger partial charge in [0.15, 0.2) is 0 Å². The largest absolute Gasteiger partial charge is 0.392 e. The van der Waals surface area contributed by atoms with Crippen LogP contribution in [0.5, 0.6) is 0 Å². The predicted octanol–water partition coefficient (Wildman–Crippen LogP) is 3.56. The van der Waals surface area contributed by atoms with E-state index in [4.69, 9.17) is 18.0 Å². The van der Waals surface area contributed by atoms with Crippen LogP contribution in [-0.4, -0.2) is 17.4 Å². The number of amides is 1. The molecule has 0 heterocycles. The van der Waals surface area contributed by atoms with Crippen LogP contribution in [0, 0.1) is 10.8 Å². The molecule has 1 aliphatic rings. The maximum absolute atomic E-state index is 12.7. The topological polar surface area (TPSA) is 55.1 Å². The van der Waals surface area contributed by atoms with Gasteiger partial charge >= 0.3 is 0 Å². The Bertz CT molecular complexity index is 339. The molecule has 116 valence electrons. The fourth-order valence-corrected chi connectivity index (χ4v) is 3.63. The number of carbonyl (C=O) groups is 1. The predicted molar refractivity (Wildman–Crippen MR) is 88.6 cm³/mol. The summed E-state index contributed by atoms with van der Waals surface area (Å²) in [6.07, 6.45) is 8.22. The van der Waals surface area contributed by atoms with Crippen molar-refractivity contribution in [3.63, 3.8) is 0 Å². The average Bonchev–Trinajstić information content (AvgIpc) is 2.37. The maximum Gasteiger partial charge on any atom is 0.233 e. The molecule has 1 aliphatic carbocycles. The van der Waals surface area contributed by atoms with Crippen molar-refractivity contribution in [2.45, 2.75) is 72.1 Å². The van der Waals surface area contributed by atoms with Crippen molar-refractivity contribution >= 4 is 23.1 Å². The molecule has 0 saturated heterocycles. The van der Waals surface area contributed by atoms with Gasteiger partial charge in [-0.05, 0) is 37.5 Å². The highest BCUT2D eigenvalue weighted by molar-refractivity contribution is 7.80. The zero-order valence-corrected chi connectivity index (χ0v) is 14.1. The lowest BCUT2D eigenvalue weighted by Gasteiger charge is -2.42. The molecule has 1 saturated carbocycles. The molecule has 0 radical (unpaired) electrons. The molecule has 0 aromatic heterocycles. The lowest BCUT2D eigenvalue weighted by molar-refractivity contribution is -0.129. The van der Waals surface area contributed by atoms with Gasteiger partial charge in [0.05, 0.1) is 10.4 Å². The van der Waals surface area contributed by atoms with Crippen LogP contribution in [0.25, 0.3) is 0 Å². The zero-order chi connectivity index (χ0) is 15.2. The highest BCUT2D eigenvalue weighted by Gasteiger charge is 2.42. The van der Waals surface area contributed by atoms with E-state index in [0.29, 0.717) is 10.4 Å². The van der Waals surface area contributed by atoms with Crippen molar-refractivity contribution in [1.82, 2.24) is 5.32 Å². The first-order chi connectivity index (χ1) is 9.46. The van der Waals surface area contributed by atoms with E-state index in [-0.39, 0.29) is 5.91 Å². The molecule has 0 spiro atoms. The second-order valence-electron chi connectivity index (χ2n) is 6.34. The van der Waals surface area contributed by atoms with Crippen LogP contribution in [-0.2, 0) is 4.79 Å². The Kier molecular flexibility index (Phi) is 6.44. The van der Waals surface area contributed by atoms with E-state index in [2.05, 4.69) is 26.1 Å². The van der Waals surface area contributed by atoms with Gasteiger partial charge in [0.2, 0.25) is 5.91 Å².